The lowest BCUT2D eigenvalue weighted by molar-refractivity contribution is 0.0389. The molecule has 0 aliphatic carbocycles. The maximum Gasteiger partial charge on any atom is 0.191 e. The van der Waals surface area contributed by atoms with Gasteiger partial charge in [0.25, 0.3) is 0 Å². The summed E-state index contributed by atoms with van der Waals surface area (Å²) in [7, 11) is 1.96. The number of benzene rings is 1. The number of hydrogen-bond donors (Lipinski definition) is 2. The van der Waals surface area contributed by atoms with Crippen molar-refractivity contribution in [1.29, 1.82) is 0 Å². The van der Waals surface area contributed by atoms with Gasteiger partial charge in [-0.3, -0.25) is 4.90 Å². The van der Waals surface area contributed by atoms with Crippen LogP contribution in [0.2, 0.25) is 5.02 Å². The van der Waals surface area contributed by atoms with E-state index >= 15 is 0 Å². The van der Waals surface area contributed by atoms with E-state index in [-0.39, 0.29) is 0 Å². The van der Waals surface area contributed by atoms with E-state index in [0.717, 1.165) is 75.0 Å². The molecule has 0 bridgehead atoms. The Morgan fingerprint density at radius 1 is 1.21 bits per heavy atom. The van der Waals surface area contributed by atoms with E-state index in [4.69, 9.17) is 21.3 Å². The van der Waals surface area contributed by atoms with Gasteiger partial charge in [0.05, 0.1) is 13.2 Å². The predicted molar refractivity (Wildman–Crippen MR) is 115 cm³/mol. The molecule has 158 valence electrons. The lowest BCUT2D eigenvalue weighted by atomic mass is 10.1. The molecule has 0 spiro atoms. The fraction of sp³-hybridized carbons (Fsp3) is 0.550. The molecule has 0 amide bonds. The van der Waals surface area contributed by atoms with Gasteiger partial charge in [0.15, 0.2) is 11.8 Å². The third-order valence-corrected chi connectivity index (χ3v) is 5.22. The van der Waals surface area contributed by atoms with Crippen LogP contribution in [0.25, 0.3) is 0 Å². The van der Waals surface area contributed by atoms with Crippen LogP contribution >= 0.6 is 11.6 Å². The number of aromatic nitrogens is 3. The highest BCUT2D eigenvalue weighted by molar-refractivity contribution is 6.30. The first-order valence-electron chi connectivity index (χ1n) is 10.0. The summed E-state index contributed by atoms with van der Waals surface area (Å²) in [5.41, 5.74) is 1.20. The minimum atomic E-state index is 0.474. The number of morpholine rings is 1. The van der Waals surface area contributed by atoms with Crippen LogP contribution in [0, 0.1) is 6.92 Å². The summed E-state index contributed by atoms with van der Waals surface area (Å²) >= 11 is 6.08. The zero-order valence-corrected chi connectivity index (χ0v) is 18.0. The summed E-state index contributed by atoms with van der Waals surface area (Å²) in [5, 5.41) is 15.9. The van der Waals surface area contributed by atoms with Gasteiger partial charge < -0.3 is 19.9 Å². The van der Waals surface area contributed by atoms with E-state index in [1.807, 2.05) is 36.7 Å². The average Bonchev–Trinajstić information content (AvgIpc) is 3.04. The molecule has 1 fully saturated rings. The molecule has 9 heteroatoms. The summed E-state index contributed by atoms with van der Waals surface area (Å²) < 4.78 is 7.37. The van der Waals surface area contributed by atoms with Crippen LogP contribution in [-0.2, 0) is 24.8 Å². The van der Waals surface area contributed by atoms with Crippen molar-refractivity contribution >= 4 is 17.6 Å². The number of nitrogens with one attached hydrogen (secondary N) is 2. The van der Waals surface area contributed by atoms with Gasteiger partial charge in [0.2, 0.25) is 0 Å². The molecular weight excluding hydrogens is 390 g/mol. The highest BCUT2D eigenvalue weighted by Gasteiger charge is 2.10. The largest absolute Gasteiger partial charge is 0.379 e. The predicted octanol–water partition coefficient (Wildman–Crippen LogP) is 1.39. The molecule has 2 N–H and O–H groups in total. The molecule has 8 nitrogen and oxygen atoms in total. The molecule has 1 aliphatic rings. The Labute approximate surface area is 177 Å². The SMILES string of the molecule is Cc1nnc(CN=C(NCCc2cccc(Cl)c2)NCCN2CCOCC2)n1C. The first kappa shape index (κ1) is 21.5. The van der Waals surface area contributed by atoms with Crippen molar-refractivity contribution in [2.45, 2.75) is 19.9 Å². The highest BCUT2D eigenvalue weighted by atomic mass is 35.5. The minimum absolute atomic E-state index is 0.474. The standard InChI is InChI=1S/C20H30ClN7O/c1-16-25-26-19(27(16)2)15-24-20(23-8-9-28-10-12-29-13-11-28)22-7-6-17-4-3-5-18(21)14-17/h3-5,14H,6-13,15H2,1-2H3,(H2,22,23,24). The van der Waals surface area contributed by atoms with Crippen molar-refractivity contribution in [1.82, 2.24) is 30.3 Å². The first-order chi connectivity index (χ1) is 14.1. The van der Waals surface area contributed by atoms with Gasteiger partial charge in [-0.2, -0.15) is 0 Å². The molecule has 0 saturated carbocycles. The van der Waals surface area contributed by atoms with Gasteiger partial charge in [-0.05, 0) is 31.0 Å². The normalized spacial score (nSPS) is 15.5. The average molecular weight is 420 g/mol. The van der Waals surface area contributed by atoms with Crippen LogP contribution in [-0.4, -0.2) is 71.6 Å². The van der Waals surface area contributed by atoms with Crippen LogP contribution < -0.4 is 10.6 Å². The molecule has 2 aromatic rings. The zero-order valence-electron chi connectivity index (χ0n) is 17.2. The summed E-state index contributed by atoms with van der Waals surface area (Å²) in [4.78, 5) is 7.10. The van der Waals surface area contributed by atoms with Crippen molar-refractivity contribution < 1.29 is 4.74 Å². The number of hydrogen-bond acceptors (Lipinski definition) is 5. The molecule has 3 rings (SSSR count). The monoisotopic (exact) mass is 419 g/mol. The maximum absolute atomic E-state index is 6.08. The Hall–Kier alpha value is -2.16. The Balaban J connectivity index is 1.54. The van der Waals surface area contributed by atoms with Gasteiger partial charge in [-0.25, -0.2) is 4.99 Å². The topological polar surface area (TPSA) is 79.6 Å². The summed E-state index contributed by atoms with van der Waals surface area (Å²) in [6.45, 7) is 8.54. The third kappa shape index (κ3) is 6.99. The number of halogens is 1. The smallest absolute Gasteiger partial charge is 0.191 e. The van der Waals surface area contributed by atoms with E-state index < -0.39 is 0 Å². The van der Waals surface area contributed by atoms with Crippen LogP contribution in [0.1, 0.15) is 17.2 Å². The summed E-state index contributed by atoms with van der Waals surface area (Å²) in [6, 6.07) is 7.94. The number of rotatable bonds is 8. The van der Waals surface area contributed by atoms with E-state index in [1.165, 1.54) is 5.56 Å². The van der Waals surface area contributed by atoms with Crippen molar-refractivity contribution in [3.8, 4) is 0 Å². The molecule has 0 atom stereocenters. The van der Waals surface area contributed by atoms with Gasteiger partial charge in [0, 0.05) is 44.8 Å². The lowest BCUT2D eigenvalue weighted by Gasteiger charge is -2.26. The van der Waals surface area contributed by atoms with E-state index in [1.54, 1.807) is 0 Å². The van der Waals surface area contributed by atoms with E-state index in [2.05, 4.69) is 31.8 Å². The summed E-state index contributed by atoms with van der Waals surface area (Å²) in [5.74, 6) is 2.50. The Kier molecular flexibility index (Phi) is 8.27. The zero-order chi connectivity index (χ0) is 20.5. The molecule has 1 aliphatic heterocycles. The van der Waals surface area contributed by atoms with E-state index in [9.17, 15) is 0 Å². The quantitative estimate of drug-likeness (QED) is 0.497. The molecular formula is C20H30ClN7O. The van der Waals surface area contributed by atoms with Crippen LogP contribution in [0.5, 0.6) is 0 Å². The molecule has 1 aromatic heterocycles. The van der Waals surface area contributed by atoms with Gasteiger partial charge in [-0.1, -0.05) is 23.7 Å². The lowest BCUT2D eigenvalue weighted by Crippen LogP contribution is -2.44. The number of nitrogens with zero attached hydrogens (tertiary/aromatic N) is 5. The molecule has 0 unspecified atom stereocenters. The number of ether oxygens (including phenoxy) is 1. The van der Waals surface area contributed by atoms with Crippen molar-refractivity contribution in [3.63, 3.8) is 0 Å². The van der Waals surface area contributed by atoms with Crippen molar-refractivity contribution in [3.05, 3.63) is 46.5 Å². The Morgan fingerprint density at radius 3 is 2.72 bits per heavy atom. The maximum atomic E-state index is 6.08. The molecule has 1 aromatic carbocycles. The summed E-state index contributed by atoms with van der Waals surface area (Å²) in [6.07, 6.45) is 0.869. The molecule has 2 heterocycles. The van der Waals surface area contributed by atoms with Crippen molar-refractivity contribution in [2.24, 2.45) is 12.0 Å². The second-order valence-electron chi connectivity index (χ2n) is 7.07. The minimum Gasteiger partial charge on any atom is -0.379 e. The second-order valence-corrected chi connectivity index (χ2v) is 7.51. The number of aryl methyl sites for hydroxylation is 1. The number of guanidine groups is 1. The Morgan fingerprint density at radius 2 is 2.00 bits per heavy atom. The Bertz CT molecular complexity index is 802. The molecule has 1 saturated heterocycles. The van der Waals surface area contributed by atoms with Gasteiger partial charge in [-0.15, -0.1) is 10.2 Å². The van der Waals surface area contributed by atoms with Crippen LogP contribution in [0.3, 0.4) is 0 Å². The van der Waals surface area contributed by atoms with E-state index in [0.29, 0.717) is 6.54 Å². The third-order valence-electron chi connectivity index (χ3n) is 4.98. The first-order valence-corrected chi connectivity index (χ1v) is 10.4. The molecule has 0 radical (unpaired) electrons. The van der Waals surface area contributed by atoms with Crippen molar-refractivity contribution in [2.75, 3.05) is 45.9 Å². The van der Waals surface area contributed by atoms with Gasteiger partial charge >= 0.3 is 0 Å². The van der Waals surface area contributed by atoms with Gasteiger partial charge in [0.1, 0.15) is 12.4 Å². The van der Waals surface area contributed by atoms with Crippen LogP contribution in [0.4, 0.5) is 0 Å². The number of aliphatic imine (C=N–C) groups is 1. The molecule has 29 heavy (non-hydrogen) atoms. The fourth-order valence-corrected chi connectivity index (χ4v) is 3.30. The van der Waals surface area contributed by atoms with Crippen LogP contribution in [0.15, 0.2) is 29.3 Å². The highest BCUT2D eigenvalue weighted by Crippen LogP contribution is 2.10. The second kappa shape index (κ2) is 11.1. The fourth-order valence-electron chi connectivity index (χ4n) is 3.09.